The zero-order valence-electron chi connectivity index (χ0n) is 19.1. The molecule has 5 nitrogen and oxygen atoms in total. The van der Waals surface area contributed by atoms with Crippen LogP contribution in [-0.2, 0) is 17.8 Å². The molecule has 1 N–H and O–H groups in total. The topological polar surface area (TPSA) is 56.2 Å². The number of nitrogens with zero attached hydrogens (tertiary/aromatic N) is 2. The summed E-state index contributed by atoms with van der Waals surface area (Å²) in [6, 6.07) is 14.7. The molecule has 0 aliphatic heterocycles. The highest BCUT2D eigenvalue weighted by Gasteiger charge is 2.10. The van der Waals surface area contributed by atoms with Crippen molar-refractivity contribution in [1.29, 1.82) is 0 Å². The maximum absolute atomic E-state index is 11.7. The van der Waals surface area contributed by atoms with Gasteiger partial charge in [0.05, 0.1) is 17.6 Å². The first-order valence-corrected chi connectivity index (χ1v) is 11.5. The monoisotopic (exact) mass is 421 g/mol. The fourth-order valence-electron chi connectivity index (χ4n) is 3.93. The lowest BCUT2D eigenvalue weighted by molar-refractivity contribution is -0.121. The van der Waals surface area contributed by atoms with Gasteiger partial charge >= 0.3 is 0 Å². The van der Waals surface area contributed by atoms with Gasteiger partial charge in [-0.3, -0.25) is 4.79 Å². The van der Waals surface area contributed by atoms with Crippen molar-refractivity contribution < 1.29 is 9.53 Å². The number of aryl methyl sites for hydroxylation is 4. The van der Waals surface area contributed by atoms with Crippen molar-refractivity contribution >= 4 is 16.9 Å². The van der Waals surface area contributed by atoms with Crippen LogP contribution in [0.3, 0.4) is 0 Å². The van der Waals surface area contributed by atoms with E-state index in [1.807, 2.05) is 13.0 Å². The second-order valence-electron chi connectivity index (χ2n) is 8.25. The third-order valence-corrected chi connectivity index (χ3v) is 5.35. The van der Waals surface area contributed by atoms with Crippen LogP contribution in [-0.4, -0.2) is 28.6 Å². The molecule has 0 bridgehead atoms. The average molecular weight is 422 g/mol. The minimum Gasteiger partial charge on any atom is -0.494 e. The summed E-state index contributed by atoms with van der Waals surface area (Å²) < 4.78 is 8.29. The van der Waals surface area contributed by atoms with Crippen LogP contribution in [0.5, 0.6) is 5.75 Å². The molecule has 0 aliphatic carbocycles. The van der Waals surface area contributed by atoms with Gasteiger partial charge in [-0.2, -0.15) is 0 Å². The molecular formula is C26H35N3O2. The maximum Gasteiger partial charge on any atom is 0.219 e. The lowest BCUT2D eigenvalue weighted by atomic mass is 10.1. The second kappa shape index (κ2) is 11.5. The number of nitrogens with one attached hydrogen (secondary N) is 1. The van der Waals surface area contributed by atoms with E-state index in [1.165, 1.54) is 16.6 Å². The Labute approximate surface area is 185 Å². The molecule has 1 heterocycles. The number of benzene rings is 2. The van der Waals surface area contributed by atoms with Crippen molar-refractivity contribution in [1.82, 2.24) is 14.9 Å². The lowest BCUT2D eigenvalue weighted by Gasteiger charge is -2.11. The SMILES string of the molecule is CCCC(=O)NCCCc1nc2ccccc2n1CCCCOc1cc(C)cc(C)c1. The summed E-state index contributed by atoms with van der Waals surface area (Å²) in [5.41, 5.74) is 4.69. The van der Waals surface area contributed by atoms with Crippen molar-refractivity contribution in [3.05, 3.63) is 59.4 Å². The van der Waals surface area contributed by atoms with Gasteiger partial charge < -0.3 is 14.6 Å². The Bertz CT molecular complexity index is 973. The Kier molecular flexibility index (Phi) is 8.51. The van der Waals surface area contributed by atoms with E-state index in [2.05, 4.69) is 60.1 Å². The van der Waals surface area contributed by atoms with Crippen molar-refractivity contribution in [3.8, 4) is 5.75 Å². The van der Waals surface area contributed by atoms with E-state index in [0.29, 0.717) is 19.6 Å². The van der Waals surface area contributed by atoms with Crippen molar-refractivity contribution in [2.75, 3.05) is 13.2 Å². The Hall–Kier alpha value is -2.82. The first kappa shape index (κ1) is 22.9. The molecule has 0 aliphatic rings. The molecule has 31 heavy (non-hydrogen) atoms. The molecule has 0 atom stereocenters. The van der Waals surface area contributed by atoms with Crippen molar-refractivity contribution in [2.24, 2.45) is 0 Å². The lowest BCUT2D eigenvalue weighted by Crippen LogP contribution is -2.24. The molecule has 3 rings (SSSR count). The number of carbonyl (C=O) groups excluding carboxylic acids is 1. The van der Waals surface area contributed by atoms with E-state index in [4.69, 9.17) is 9.72 Å². The van der Waals surface area contributed by atoms with Crippen LogP contribution < -0.4 is 10.1 Å². The smallest absolute Gasteiger partial charge is 0.219 e. The number of fused-ring (bicyclic) bond motifs is 1. The molecular weight excluding hydrogens is 386 g/mol. The summed E-state index contributed by atoms with van der Waals surface area (Å²) in [5, 5.41) is 3.00. The minimum absolute atomic E-state index is 0.139. The van der Waals surface area contributed by atoms with E-state index < -0.39 is 0 Å². The summed E-state index contributed by atoms with van der Waals surface area (Å²) in [6.45, 7) is 8.56. The van der Waals surface area contributed by atoms with E-state index in [0.717, 1.165) is 55.7 Å². The van der Waals surface area contributed by atoms with Gasteiger partial charge in [-0.1, -0.05) is 25.1 Å². The second-order valence-corrected chi connectivity index (χ2v) is 8.25. The predicted octanol–water partition coefficient (Wildman–Crippen LogP) is 5.36. The van der Waals surface area contributed by atoms with Gasteiger partial charge in [-0.05, 0) is 74.9 Å². The van der Waals surface area contributed by atoms with Crippen LogP contribution >= 0.6 is 0 Å². The molecule has 1 aromatic heterocycles. The Morgan fingerprint density at radius 3 is 2.61 bits per heavy atom. The highest BCUT2D eigenvalue weighted by Crippen LogP contribution is 2.19. The number of para-hydroxylation sites is 2. The third kappa shape index (κ3) is 6.84. The molecule has 166 valence electrons. The van der Waals surface area contributed by atoms with Crippen molar-refractivity contribution in [2.45, 2.75) is 65.8 Å². The minimum atomic E-state index is 0.139. The van der Waals surface area contributed by atoms with Crippen LogP contribution in [0.1, 0.15) is 56.0 Å². The Morgan fingerprint density at radius 2 is 1.84 bits per heavy atom. The van der Waals surface area contributed by atoms with Gasteiger partial charge in [0.1, 0.15) is 11.6 Å². The molecule has 3 aromatic rings. The number of unbranched alkanes of at least 4 members (excludes halogenated alkanes) is 1. The first-order chi connectivity index (χ1) is 15.1. The number of amides is 1. The summed E-state index contributed by atoms with van der Waals surface area (Å²) >= 11 is 0. The fraction of sp³-hybridized carbons (Fsp3) is 0.462. The summed E-state index contributed by atoms with van der Waals surface area (Å²) in [4.78, 5) is 16.5. The predicted molar refractivity (Wildman–Crippen MR) is 127 cm³/mol. The highest BCUT2D eigenvalue weighted by atomic mass is 16.5. The maximum atomic E-state index is 11.7. The van der Waals surface area contributed by atoms with Crippen LogP contribution in [0.25, 0.3) is 11.0 Å². The highest BCUT2D eigenvalue weighted by molar-refractivity contribution is 5.76. The molecule has 0 fully saturated rings. The first-order valence-electron chi connectivity index (χ1n) is 11.5. The van der Waals surface area contributed by atoms with Gasteiger partial charge in [0.25, 0.3) is 0 Å². The largest absolute Gasteiger partial charge is 0.494 e. The average Bonchev–Trinajstić information content (AvgIpc) is 3.08. The summed E-state index contributed by atoms with van der Waals surface area (Å²) in [5.74, 6) is 2.19. The summed E-state index contributed by atoms with van der Waals surface area (Å²) in [6.07, 6.45) is 5.27. The fourth-order valence-corrected chi connectivity index (χ4v) is 3.93. The Balaban J connectivity index is 1.52. The molecule has 0 radical (unpaired) electrons. The van der Waals surface area contributed by atoms with E-state index >= 15 is 0 Å². The molecule has 2 aromatic carbocycles. The molecule has 0 saturated carbocycles. The van der Waals surface area contributed by atoms with Crippen LogP contribution in [0.4, 0.5) is 0 Å². The van der Waals surface area contributed by atoms with E-state index in [1.54, 1.807) is 0 Å². The third-order valence-electron chi connectivity index (χ3n) is 5.35. The van der Waals surface area contributed by atoms with Gasteiger partial charge in [0.2, 0.25) is 5.91 Å². The molecule has 1 amide bonds. The molecule has 0 unspecified atom stereocenters. The standard InChI is InChI=1S/C26H35N3O2/c1-4-10-26(30)27-14-9-13-25-28-23-11-5-6-12-24(23)29(25)15-7-8-16-31-22-18-20(2)17-21(3)19-22/h5-6,11-12,17-19H,4,7-10,13-16H2,1-3H3,(H,27,30). The zero-order valence-corrected chi connectivity index (χ0v) is 19.1. The molecule has 5 heteroatoms. The van der Waals surface area contributed by atoms with Gasteiger partial charge in [0, 0.05) is 25.9 Å². The number of hydrogen-bond donors (Lipinski definition) is 1. The van der Waals surface area contributed by atoms with Crippen LogP contribution in [0.15, 0.2) is 42.5 Å². The van der Waals surface area contributed by atoms with Crippen LogP contribution in [0.2, 0.25) is 0 Å². The molecule has 0 spiro atoms. The zero-order chi connectivity index (χ0) is 22.1. The van der Waals surface area contributed by atoms with E-state index in [-0.39, 0.29) is 5.91 Å². The Morgan fingerprint density at radius 1 is 1.06 bits per heavy atom. The van der Waals surface area contributed by atoms with Gasteiger partial charge in [0.15, 0.2) is 0 Å². The van der Waals surface area contributed by atoms with Gasteiger partial charge in [-0.15, -0.1) is 0 Å². The number of rotatable bonds is 12. The van der Waals surface area contributed by atoms with E-state index in [9.17, 15) is 4.79 Å². The van der Waals surface area contributed by atoms with Crippen molar-refractivity contribution in [3.63, 3.8) is 0 Å². The normalized spacial score (nSPS) is 11.1. The van der Waals surface area contributed by atoms with Crippen LogP contribution in [0, 0.1) is 13.8 Å². The van der Waals surface area contributed by atoms with Gasteiger partial charge in [-0.25, -0.2) is 4.98 Å². The molecule has 0 saturated heterocycles. The number of hydrogen-bond acceptors (Lipinski definition) is 3. The number of ether oxygens (including phenoxy) is 1. The quantitative estimate of drug-likeness (QED) is 0.401. The number of imidazole rings is 1. The summed E-state index contributed by atoms with van der Waals surface area (Å²) in [7, 11) is 0. The number of carbonyl (C=O) groups is 1. The number of aromatic nitrogens is 2.